The standard InChI is InChI=1S/C15H11F2N3O2S/c16-12(17)8-6-9(10-2-1-5-22-10)18-13-11(8)14(21)19-15(23)20(13)7-3-4-7/h1-2,5-7,12H,3-4H2,(H,19,21,23). The van der Waals surface area contributed by atoms with Gasteiger partial charge in [0.05, 0.1) is 11.6 Å². The predicted molar refractivity (Wildman–Crippen MR) is 82.1 cm³/mol. The summed E-state index contributed by atoms with van der Waals surface area (Å²) in [5, 5.41) is -0.115. The van der Waals surface area contributed by atoms with Crippen LogP contribution in [0.2, 0.25) is 0 Å². The summed E-state index contributed by atoms with van der Waals surface area (Å²) in [5.41, 5.74) is -0.569. The van der Waals surface area contributed by atoms with Crippen molar-refractivity contribution in [2.24, 2.45) is 0 Å². The van der Waals surface area contributed by atoms with Gasteiger partial charge in [0, 0.05) is 11.6 Å². The van der Waals surface area contributed by atoms with Gasteiger partial charge in [-0.2, -0.15) is 0 Å². The van der Waals surface area contributed by atoms with Gasteiger partial charge in [-0.05, 0) is 43.3 Å². The van der Waals surface area contributed by atoms with Gasteiger partial charge in [0.25, 0.3) is 12.0 Å². The van der Waals surface area contributed by atoms with Crippen molar-refractivity contribution < 1.29 is 13.2 Å². The number of rotatable bonds is 3. The number of halogens is 2. The van der Waals surface area contributed by atoms with Crippen LogP contribution in [0.3, 0.4) is 0 Å². The topological polar surface area (TPSA) is 63.8 Å². The Labute approximate surface area is 133 Å². The third-order valence-electron chi connectivity index (χ3n) is 3.85. The van der Waals surface area contributed by atoms with Gasteiger partial charge in [0.1, 0.15) is 11.3 Å². The second-order valence-electron chi connectivity index (χ2n) is 5.43. The largest absolute Gasteiger partial charge is 0.463 e. The van der Waals surface area contributed by atoms with E-state index < -0.39 is 12.0 Å². The zero-order chi connectivity index (χ0) is 16.1. The zero-order valence-electron chi connectivity index (χ0n) is 11.8. The number of nitrogens with one attached hydrogen (secondary N) is 1. The summed E-state index contributed by atoms with van der Waals surface area (Å²) >= 11 is 5.19. The Bertz CT molecular complexity index is 1000. The molecule has 3 aromatic rings. The molecule has 1 aliphatic carbocycles. The zero-order valence-corrected chi connectivity index (χ0v) is 12.6. The molecule has 23 heavy (non-hydrogen) atoms. The van der Waals surface area contributed by atoms with Crippen molar-refractivity contribution in [1.82, 2.24) is 14.5 Å². The van der Waals surface area contributed by atoms with Crippen molar-refractivity contribution in [2.75, 3.05) is 0 Å². The molecule has 0 saturated heterocycles. The van der Waals surface area contributed by atoms with Gasteiger partial charge in [-0.15, -0.1) is 0 Å². The first kappa shape index (κ1) is 14.3. The Balaban J connectivity index is 2.15. The molecule has 1 N–H and O–H groups in total. The van der Waals surface area contributed by atoms with Crippen LogP contribution in [0.5, 0.6) is 0 Å². The van der Waals surface area contributed by atoms with Crippen LogP contribution in [-0.4, -0.2) is 14.5 Å². The van der Waals surface area contributed by atoms with Gasteiger partial charge in [-0.3, -0.25) is 14.3 Å². The van der Waals surface area contributed by atoms with Crippen molar-refractivity contribution in [2.45, 2.75) is 25.3 Å². The first-order valence-electron chi connectivity index (χ1n) is 7.08. The monoisotopic (exact) mass is 335 g/mol. The van der Waals surface area contributed by atoms with Gasteiger partial charge >= 0.3 is 0 Å². The first-order chi connectivity index (χ1) is 11.1. The molecule has 0 amide bonds. The molecule has 3 aromatic heterocycles. The smallest absolute Gasteiger partial charge is 0.264 e. The van der Waals surface area contributed by atoms with Gasteiger partial charge in [0.2, 0.25) is 0 Å². The Hall–Kier alpha value is -2.35. The highest BCUT2D eigenvalue weighted by atomic mass is 32.1. The summed E-state index contributed by atoms with van der Waals surface area (Å²) in [5.74, 6) is 0.363. The molecular formula is C15H11F2N3O2S. The summed E-state index contributed by atoms with van der Waals surface area (Å²) < 4.78 is 34.1. The molecule has 0 spiro atoms. The lowest BCUT2D eigenvalue weighted by molar-refractivity contribution is 0.153. The third kappa shape index (κ3) is 2.29. The Morgan fingerprint density at radius 2 is 2.22 bits per heavy atom. The number of nitrogens with zero attached hydrogens (tertiary/aromatic N) is 2. The highest BCUT2D eigenvalue weighted by Gasteiger charge is 2.29. The maximum Gasteiger partial charge on any atom is 0.264 e. The van der Waals surface area contributed by atoms with Crippen LogP contribution in [0.15, 0.2) is 33.7 Å². The lowest BCUT2D eigenvalue weighted by atomic mass is 10.1. The summed E-state index contributed by atoms with van der Waals surface area (Å²) in [6.45, 7) is 0. The number of fused-ring (bicyclic) bond motifs is 1. The van der Waals surface area contributed by atoms with Gasteiger partial charge < -0.3 is 4.42 Å². The molecule has 0 aromatic carbocycles. The fourth-order valence-corrected chi connectivity index (χ4v) is 3.00. The molecule has 1 fully saturated rings. The maximum atomic E-state index is 13.5. The van der Waals surface area contributed by atoms with E-state index in [2.05, 4.69) is 9.97 Å². The van der Waals surface area contributed by atoms with Crippen LogP contribution in [0.4, 0.5) is 8.78 Å². The minimum absolute atomic E-state index is 0.0896. The number of hydrogen-bond acceptors (Lipinski definition) is 4. The number of aromatic nitrogens is 3. The van der Waals surface area contributed by atoms with E-state index in [9.17, 15) is 13.6 Å². The normalized spacial score (nSPS) is 14.7. The number of furan rings is 1. The van der Waals surface area contributed by atoms with Gasteiger partial charge in [-0.1, -0.05) is 0 Å². The van der Waals surface area contributed by atoms with Gasteiger partial charge in [0.15, 0.2) is 10.5 Å². The fraction of sp³-hybridized carbons (Fsp3) is 0.267. The van der Waals surface area contributed by atoms with E-state index in [0.29, 0.717) is 5.76 Å². The van der Waals surface area contributed by atoms with E-state index in [0.717, 1.165) is 12.8 Å². The second kappa shape index (κ2) is 5.09. The number of H-pyrrole nitrogens is 1. The number of aromatic amines is 1. The molecule has 0 bridgehead atoms. The molecule has 0 aliphatic heterocycles. The number of pyridine rings is 1. The van der Waals surface area contributed by atoms with Crippen molar-refractivity contribution in [1.29, 1.82) is 0 Å². The van der Waals surface area contributed by atoms with Crippen LogP contribution >= 0.6 is 12.2 Å². The van der Waals surface area contributed by atoms with E-state index in [1.165, 1.54) is 12.3 Å². The Morgan fingerprint density at radius 3 is 2.83 bits per heavy atom. The van der Waals surface area contributed by atoms with Crippen LogP contribution in [0, 0.1) is 4.77 Å². The lowest BCUT2D eigenvalue weighted by Crippen LogP contribution is -2.17. The third-order valence-corrected chi connectivity index (χ3v) is 4.14. The SMILES string of the molecule is O=c1[nH]c(=S)n(C2CC2)c2nc(-c3ccco3)cc(C(F)F)c12. The van der Waals surface area contributed by atoms with Gasteiger partial charge in [-0.25, -0.2) is 13.8 Å². The highest BCUT2D eigenvalue weighted by molar-refractivity contribution is 7.71. The molecule has 8 heteroatoms. The van der Waals surface area contributed by atoms with Crippen molar-refractivity contribution in [3.63, 3.8) is 0 Å². The average Bonchev–Trinajstić information content (AvgIpc) is 3.18. The molecule has 4 rings (SSSR count). The highest BCUT2D eigenvalue weighted by Crippen LogP contribution is 2.38. The van der Waals surface area contributed by atoms with Crippen molar-refractivity contribution >= 4 is 23.3 Å². The molecule has 1 saturated carbocycles. The summed E-state index contributed by atoms with van der Waals surface area (Å²) in [6.07, 6.45) is 0.395. The second-order valence-corrected chi connectivity index (χ2v) is 5.82. The van der Waals surface area contributed by atoms with Crippen LogP contribution in [0.1, 0.15) is 30.9 Å². The Morgan fingerprint density at radius 1 is 1.43 bits per heavy atom. The summed E-state index contributed by atoms with van der Waals surface area (Å²) in [6, 6.07) is 4.56. The molecule has 3 heterocycles. The molecule has 5 nitrogen and oxygen atoms in total. The molecule has 1 aliphatic rings. The molecule has 0 radical (unpaired) electrons. The first-order valence-corrected chi connectivity index (χ1v) is 7.48. The van der Waals surface area contributed by atoms with E-state index in [1.807, 2.05) is 0 Å². The fourth-order valence-electron chi connectivity index (χ4n) is 2.67. The van der Waals surface area contributed by atoms with Crippen LogP contribution in [-0.2, 0) is 0 Å². The van der Waals surface area contributed by atoms with E-state index in [1.54, 1.807) is 16.7 Å². The van der Waals surface area contributed by atoms with Crippen molar-refractivity contribution in [3.05, 3.63) is 45.2 Å². The Kier molecular flexibility index (Phi) is 3.15. The summed E-state index contributed by atoms with van der Waals surface area (Å²) in [4.78, 5) is 19.1. The minimum Gasteiger partial charge on any atom is -0.463 e. The van der Waals surface area contributed by atoms with Crippen molar-refractivity contribution in [3.8, 4) is 11.5 Å². The minimum atomic E-state index is -2.81. The molecule has 0 unspecified atom stereocenters. The summed E-state index contributed by atoms with van der Waals surface area (Å²) in [7, 11) is 0. The maximum absolute atomic E-state index is 13.5. The van der Waals surface area contributed by atoms with E-state index in [4.69, 9.17) is 16.6 Å². The average molecular weight is 335 g/mol. The van der Waals surface area contributed by atoms with Crippen LogP contribution in [0.25, 0.3) is 22.5 Å². The predicted octanol–water partition coefficient (Wildman–Crippen LogP) is 3.99. The number of alkyl halides is 2. The van der Waals surface area contributed by atoms with Crippen LogP contribution < -0.4 is 5.56 Å². The molecule has 118 valence electrons. The van der Waals surface area contributed by atoms with E-state index in [-0.39, 0.29) is 33.1 Å². The lowest BCUT2D eigenvalue weighted by Gasteiger charge is -2.13. The molecule has 0 atom stereocenters. The quantitative estimate of drug-likeness (QED) is 0.735. The number of hydrogen-bond donors (Lipinski definition) is 1. The molecular weight excluding hydrogens is 324 g/mol. The van der Waals surface area contributed by atoms with E-state index >= 15 is 0 Å².